The van der Waals surface area contributed by atoms with E-state index >= 15 is 0 Å². The van der Waals surface area contributed by atoms with E-state index in [-0.39, 0.29) is 38.9 Å². The molecule has 1 N–H and O–H groups in total. The summed E-state index contributed by atoms with van der Waals surface area (Å²) in [5.41, 5.74) is 0.0538. The molecule has 2 aromatic rings. The second-order valence-corrected chi connectivity index (χ2v) is 4.65. The first kappa shape index (κ1) is 14.8. The van der Waals surface area contributed by atoms with Crippen molar-refractivity contribution in [2.24, 2.45) is 0 Å². The maximum Gasteiger partial charge on any atom is 0.341 e. The fourth-order valence-electron chi connectivity index (χ4n) is 1.81. The van der Waals surface area contributed by atoms with Gasteiger partial charge >= 0.3 is 5.97 Å². The first-order chi connectivity index (χ1) is 9.49. The number of methoxy groups -OCH3 is 2. The van der Waals surface area contributed by atoms with Crippen molar-refractivity contribution in [2.75, 3.05) is 14.2 Å². The minimum atomic E-state index is -0.649. The summed E-state index contributed by atoms with van der Waals surface area (Å²) in [7, 11) is 2.67. The lowest BCUT2D eigenvalue weighted by molar-refractivity contribution is 0.0597. The molecule has 0 aliphatic heterocycles. The molecule has 8 heteroatoms. The van der Waals surface area contributed by atoms with Crippen molar-refractivity contribution in [1.82, 2.24) is 9.97 Å². The highest BCUT2D eigenvalue weighted by atomic mass is 35.5. The van der Waals surface area contributed by atoms with E-state index in [1.165, 1.54) is 20.3 Å². The summed E-state index contributed by atoms with van der Waals surface area (Å²) in [6.45, 7) is 0.0253. The SMILES string of the molecule is COCc1[nH]c(=O)c2cc(Cl)c(Cl)nc2c1C(=O)OC. The topological polar surface area (TPSA) is 81.3 Å². The van der Waals surface area contributed by atoms with E-state index in [9.17, 15) is 9.59 Å². The van der Waals surface area contributed by atoms with Crippen molar-refractivity contribution in [2.45, 2.75) is 6.61 Å². The molecular weight excluding hydrogens is 307 g/mol. The van der Waals surface area contributed by atoms with Gasteiger partial charge in [-0.2, -0.15) is 0 Å². The number of fused-ring (bicyclic) bond motifs is 1. The lowest BCUT2D eigenvalue weighted by atomic mass is 10.1. The molecule has 20 heavy (non-hydrogen) atoms. The molecule has 0 unspecified atom stereocenters. The van der Waals surface area contributed by atoms with E-state index in [1.54, 1.807) is 0 Å². The van der Waals surface area contributed by atoms with Gasteiger partial charge in [-0.25, -0.2) is 9.78 Å². The zero-order valence-electron chi connectivity index (χ0n) is 10.6. The number of aromatic nitrogens is 2. The van der Waals surface area contributed by atoms with Gasteiger partial charge < -0.3 is 14.5 Å². The predicted molar refractivity (Wildman–Crippen MR) is 74.4 cm³/mol. The van der Waals surface area contributed by atoms with Crippen LogP contribution in [0.3, 0.4) is 0 Å². The summed E-state index contributed by atoms with van der Waals surface area (Å²) in [6, 6.07) is 1.36. The Kier molecular flexibility index (Phi) is 4.27. The number of carbonyl (C=O) groups is 1. The highest BCUT2D eigenvalue weighted by Gasteiger charge is 2.21. The van der Waals surface area contributed by atoms with Crippen molar-refractivity contribution >= 4 is 40.1 Å². The van der Waals surface area contributed by atoms with Crippen LogP contribution in [-0.2, 0) is 16.1 Å². The molecule has 0 amide bonds. The van der Waals surface area contributed by atoms with Crippen LogP contribution in [0.1, 0.15) is 16.1 Å². The number of hydrogen-bond donors (Lipinski definition) is 1. The third kappa shape index (κ3) is 2.49. The Morgan fingerprint density at radius 3 is 2.70 bits per heavy atom. The van der Waals surface area contributed by atoms with Crippen molar-refractivity contribution < 1.29 is 14.3 Å². The van der Waals surface area contributed by atoms with Crippen LogP contribution in [0.15, 0.2) is 10.9 Å². The first-order valence-corrected chi connectivity index (χ1v) is 6.23. The molecule has 0 spiro atoms. The monoisotopic (exact) mass is 316 g/mol. The number of nitrogens with one attached hydrogen (secondary N) is 1. The minimum Gasteiger partial charge on any atom is -0.465 e. The molecule has 0 aliphatic rings. The summed E-state index contributed by atoms with van der Waals surface area (Å²) in [4.78, 5) is 30.5. The van der Waals surface area contributed by atoms with Crippen molar-refractivity contribution in [3.8, 4) is 0 Å². The molecule has 0 atom stereocenters. The standard InChI is InChI=1S/C12H10Cl2N2O4/c1-19-4-7-8(12(18)20-2)9-5(11(17)15-7)3-6(13)10(14)16-9/h3H,4H2,1-2H3,(H,15,17). The minimum absolute atomic E-state index is 0.00159. The van der Waals surface area contributed by atoms with Crippen LogP contribution in [0.2, 0.25) is 10.2 Å². The van der Waals surface area contributed by atoms with Crippen LogP contribution in [-0.4, -0.2) is 30.2 Å². The van der Waals surface area contributed by atoms with Crippen LogP contribution in [0.5, 0.6) is 0 Å². The van der Waals surface area contributed by atoms with Crippen LogP contribution < -0.4 is 5.56 Å². The normalized spacial score (nSPS) is 10.8. The summed E-state index contributed by atoms with van der Waals surface area (Å²) in [6.07, 6.45) is 0. The second-order valence-electron chi connectivity index (χ2n) is 3.89. The average molecular weight is 317 g/mol. The highest BCUT2D eigenvalue weighted by Crippen LogP contribution is 2.26. The van der Waals surface area contributed by atoms with E-state index in [1.807, 2.05) is 0 Å². The maximum atomic E-state index is 12.0. The summed E-state index contributed by atoms with van der Waals surface area (Å²) in [5, 5.41) is 0.276. The van der Waals surface area contributed by atoms with Gasteiger partial charge in [-0.1, -0.05) is 23.2 Å². The van der Waals surface area contributed by atoms with Gasteiger partial charge in [0.25, 0.3) is 5.56 Å². The quantitative estimate of drug-likeness (QED) is 0.693. The largest absolute Gasteiger partial charge is 0.465 e. The maximum absolute atomic E-state index is 12.0. The van der Waals surface area contributed by atoms with E-state index in [2.05, 4.69) is 9.97 Å². The van der Waals surface area contributed by atoms with Gasteiger partial charge in [0.05, 0.1) is 35.3 Å². The second kappa shape index (κ2) is 5.78. The zero-order valence-corrected chi connectivity index (χ0v) is 12.1. The van der Waals surface area contributed by atoms with Crippen LogP contribution in [0.4, 0.5) is 0 Å². The van der Waals surface area contributed by atoms with Crippen molar-refractivity contribution in [3.05, 3.63) is 37.9 Å². The number of carbonyl (C=O) groups excluding carboxylic acids is 1. The molecule has 2 aromatic heterocycles. The number of esters is 1. The Morgan fingerprint density at radius 1 is 1.40 bits per heavy atom. The number of halogens is 2. The van der Waals surface area contributed by atoms with Crippen LogP contribution in [0, 0.1) is 0 Å². The first-order valence-electron chi connectivity index (χ1n) is 5.47. The summed E-state index contributed by atoms with van der Waals surface area (Å²) in [5.74, 6) is -0.649. The fraction of sp³-hybridized carbons (Fsp3) is 0.250. The van der Waals surface area contributed by atoms with E-state index < -0.39 is 11.5 Å². The van der Waals surface area contributed by atoms with Crippen LogP contribution in [0.25, 0.3) is 10.9 Å². The number of ether oxygens (including phenoxy) is 2. The van der Waals surface area contributed by atoms with Gasteiger partial charge in [0, 0.05) is 7.11 Å². The van der Waals surface area contributed by atoms with Gasteiger partial charge in [-0.15, -0.1) is 0 Å². The number of hydrogen-bond acceptors (Lipinski definition) is 5. The molecular formula is C12H10Cl2N2O4. The molecule has 0 saturated heterocycles. The Hall–Kier alpha value is -1.63. The van der Waals surface area contributed by atoms with E-state index in [0.717, 1.165) is 0 Å². The Labute approximate surface area is 123 Å². The van der Waals surface area contributed by atoms with E-state index in [4.69, 9.17) is 32.7 Å². The number of aromatic amines is 1. The summed E-state index contributed by atoms with van der Waals surface area (Å²) < 4.78 is 9.67. The molecule has 106 valence electrons. The third-order valence-electron chi connectivity index (χ3n) is 2.66. The third-order valence-corrected chi connectivity index (χ3v) is 3.33. The van der Waals surface area contributed by atoms with Crippen LogP contribution >= 0.6 is 23.2 Å². The molecule has 6 nitrogen and oxygen atoms in total. The molecule has 0 fully saturated rings. The lowest BCUT2D eigenvalue weighted by Crippen LogP contribution is -2.18. The Morgan fingerprint density at radius 2 is 2.10 bits per heavy atom. The number of nitrogens with zero attached hydrogens (tertiary/aromatic N) is 1. The number of H-pyrrole nitrogens is 1. The smallest absolute Gasteiger partial charge is 0.341 e. The fourth-order valence-corrected chi connectivity index (χ4v) is 2.10. The molecule has 0 bridgehead atoms. The molecule has 0 radical (unpaired) electrons. The van der Waals surface area contributed by atoms with Crippen molar-refractivity contribution in [1.29, 1.82) is 0 Å². The zero-order chi connectivity index (χ0) is 14.9. The molecule has 2 rings (SSSR count). The van der Waals surface area contributed by atoms with Gasteiger partial charge in [0.1, 0.15) is 10.7 Å². The molecule has 2 heterocycles. The summed E-state index contributed by atoms with van der Waals surface area (Å²) >= 11 is 11.7. The molecule has 0 aliphatic carbocycles. The lowest BCUT2D eigenvalue weighted by Gasteiger charge is -2.10. The highest BCUT2D eigenvalue weighted by molar-refractivity contribution is 6.41. The Balaban J connectivity index is 2.92. The van der Waals surface area contributed by atoms with Gasteiger partial charge in [-0.3, -0.25) is 4.79 Å². The van der Waals surface area contributed by atoms with Gasteiger partial charge in [0.2, 0.25) is 0 Å². The number of pyridine rings is 2. The molecule has 0 saturated carbocycles. The Bertz CT molecular complexity index is 742. The number of rotatable bonds is 3. The van der Waals surface area contributed by atoms with Gasteiger partial charge in [0.15, 0.2) is 0 Å². The van der Waals surface area contributed by atoms with Gasteiger partial charge in [-0.05, 0) is 6.07 Å². The average Bonchev–Trinajstić information content (AvgIpc) is 2.41. The van der Waals surface area contributed by atoms with Crippen molar-refractivity contribution in [3.63, 3.8) is 0 Å². The van der Waals surface area contributed by atoms with E-state index in [0.29, 0.717) is 0 Å². The predicted octanol–water partition coefficient (Wildman–Crippen LogP) is 2.16. The molecule has 0 aromatic carbocycles.